The minimum Gasteiger partial charge on any atom is -0.357 e. The van der Waals surface area contributed by atoms with Crippen LogP contribution in [0.3, 0.4) is 0 Å². The Balaban J connectivity index is 2.05. The van der Waals surface area contributed by atoms with Crippen molar-refractivity contribution in [2.24, 2.45) is 5.41 Å². The standard InChI is InChI=1S/C22H15F2N3O/c1-13(28)20-18(16-7-4-8-17(23)19(16)24)22(11-25,12-26)21-15-6-3-2-5-14(15)9-10-27(20)21/h2-10,18,20-21H,1H3/t18-,20-,21-/m1/s1. The molecule has 2 heterocycles. The highest BCUT2D eigenvalue weighted by Crippen LogP contribution is 2.59. The van der Waals surface area contributed by atoms with E-state index in [-0.39, 0.29) is 11.3 Å². The first kappa shape index (κ1) is 17.9. The number of nitriles is 2. The molecule has 2 aliphatic heterocycles. The molecule has 2 aromatic carbocycles. The van der Waals surface area contributed by atoms with Crippen molar-refractivity contribution in [2.45, 2.75) is 24.9 Å². The first-order valence-corrected chi connectivity index (χ1v) is 8.77. The fourth-order valence-electron chi connectivity index (χ4n) is 4.56. The summed E-state index contributed by atoms with van der Waals surface area (Å²) in [5, 5.41) is 20.2. The summed E-state index contributed by atoms with van der Waals surface area (Å²) < 4.78 is 28.7. The van der Waals surface area contributed by atoms with E-state index in [0.717, 1.165) is 11.6 Å². The SMILES string of the molecule is CC(=O)[C@@H]1[C@@H](c2cccc(F)c2F)C(C#N)(C#N)[C@H]2c3ccccc3C=CN12. The maximum Gasteiger partial charge on any atom is 0.177 e. The molecule has 138 valence electrons. The number of halogens is 2. The van der Waals surface area contributed by atoms with E-state index >= 15 is 0 Å². The van der Waals surface area contributed by atoms with Gasteiger partial charge in [0.1, 0.15) is 0 Å². The molecule has 2 aliphatic rings. The van der Waals surface area contributed by atoms with Crippen molar-refractivity contribution < 1.29 is 13.6 Å². The molecule has 1 fully saturated rings. The normalized spacial score (nSPS) is 24.0. The molecule has 6 heteroatoms. The lowest BCUT2D eigenvalue weighted by Crippen LogP contribution is -2.36. The lowest BCUT2D eigenvalue weighted by molar-refractivity contribution is -0.121. The predicted octanol–water partition coefficient (Wildman–Crippen LogP) is 4.08. The van der Waals surface area contributed by atoms with Crippen LogP contribution in [0.15, 0.2) is 48.7 Å². The molecule has 0 bridgehead atoms. The number of hydrogen-bond acceptors (Lipinski definition) is 4. The highest BCUT2D eigenvalue weighted by molar-refractivity contribution is 5.85. The Hall–Kier alpha value is -3.51. The van der Waals surface area contributed by atoms with Gasteiger partial charge in [0.05, 0.1) is 24.2 Å². The van der Waals surface area contributed by atoms with Gasteiger partial charge in [0.25, 0.3) is 0 Å². The van der Waals surface area contributed by atoms with Crippen LogP contribution in [-0.2, 0) is 4.79 Å². The van der Waals surface area contributed by atoms with Gasteiger partial charge < -0.3 is 4.90 Å². The monoisotopic (exact) mass is 375 g/mol. The molecule has 0 unspecified atom stereocenters. The number of fused-ring (bicyclic) bond motifs is 3. The number of carbonyl (C=O) groups is 1. The Morgan fingerprint density at radius 1 is 1.07 bits per heavy atom. The second kappa shape index (κ2) is 6.28. The van der Waals surface area contributed by atoms with Crippen molar-refractivity contribution in [1.82, 2.24) is 4.90 Å². The number of hydrogen-bond donors (Lipinski definition) is 0. The lowest BCUT2D eigenvalue weighted by atomic mass is 9.67. The van der Waals surface area contributed by atoms with Crippen LogP contribution in [0.5, 0.6) is 0 Å². The lowest BCUT2D eigenvalue weighted by Gasteiger charge is -2.34. The van der Waals surface area contributed by atoms with Crippen molar-refractivity contribution in [2.75, 3.05) is 0 Å². The number of nitrogens with zero attached hydrogens (tertiary/aromatic N) is 3. The Morgan fingerprint density at radius 3 is 2.43 bits per heavy atom. The molecule has 3 atom stereocenters. The molecule has 4 nitrogen and oxygen atoms in total. The molecule has 28 heavy (non-hydrogen) atoms. The summed E-state index contributed by atoms with van der Waals surface area (Å²) in [6, 6.07) is 13.3. The molecule has 1 saturated heterocycles. The van der Waals surface area contributed by atoms with Crippen LogP contribution >= 0.6 is 0 Å². The summed E-state index contributed by atoms with van der Waals surface area (Å²) in [7, 11) is 0. The van der Waals surface area contributed by atoms with Gasteiger partial charge >= 0.3 is 0 Å². The Kier molecular flexibility index (Phi) is 4.01. The number of ketones is 1. The van der Waals surface area contributed by atoms with Crippen molar-refractivity contribution in [3.63, 3.8) is 0 Å². The zero-order valence-electron chi connectivity index (χ0n) is 14.9. The van der Waals surface area contributed by atoms with Gasteiger partial charge in [0.15, 0.2) is 22.8 Å². The third-order valence-corrected chi connectivity index (χ3v) is 5.68. The summed E-state index contributed by atoms with van der Waals surface area (Å²) in [6.07, 6.45) is 3.46. The van der Waals surface area contributed by atoms with Crippen molar-refractivity contribution in [1.29, 1.82) is 10.5 Å². The summed E-state index contributed by atoms with van der Waals surface area (Å²) in [5.41, 5.74) is -0.380. The van der Waals surface area contributed by atoms with Crippen LogP contribution in [0, 0.1) is 39.7 Å². The van der Waals surface area contributed by atoms with E-state index in [0.29, 0.717) is 5.56 Å². The topological polar surface area (TPSA) is 67.9 Å². The molecule has 0 spiro atoms. The number of carbonyl (C=O) groups excluding carboxylic acids is 1. The fraction of sp³-hybridized carbons (Fsp3) is 0.227. The fourth-order valence-corrected chi connectivity index (χ4v) is 4.56. The zero-order chi connectivity index (χ0) is 20.1. The number of Topliss-reactive ketones (excluding diaryl/α,β-unsaturated/α-hetero) is 1. The zero-order valence-corrected chi connectivity index (χ0v) is 14.9. The highest BCUT2D eigenvalue weighted by Gasteiger charge is 2.63. The van der Waals surface area contributed by atoms with Gasteiger partial charge in [-0.2, -0.15) is 10.5 Å². The van der Waals surface area contributed by atoms with Crippen LogP contribution in [0.4, 0.5) is 8.78 Å². The Bertz CT molecular complexity index is 1080. The summed E-state index contributed by atoms with van der Waals surface area (Å²) in [4.78, 5) is 14.2. The first-order valence-electron chi connectivity index (χ1n) is 8.77. The van der Waals surface area contributed by atoms with Crippen molar-refractivity contribution in [3.05, 3.63) is 77.0 Å². The van der Waals surface area contributed by atoms with Crippen LogP contribution in [-0.4, -0.2) is 16.7 Å². The average molecular weight is 375 g/mol. The molecule has 0 N–H and O–H groups in total. The third-order valence-electron chi connectivity index (χ3n) is 5.68. The van der Waals surface area contributed by atoms with E-state index in [9.17, 15) is 24.1 Å². The van der Waals surface area contributed by atoms with Crippen LogP contribution < -0.4 is 0 Å². The van der Waals surface area contributed by atoms with Crippen LogP contribution in [0.2, 0.25) is 0 Å². The van der Waals surface area contributed by atoms with Crippen LogP contribution in [0.1, 0.15) is 35.6 Å². The molecular weight excluding hydrogens is 360 g/mol. The molecule has 0 saturated carbocycles. The quantitative estimate of drug-likeness (QED) is 0.793. The van der Waals surface area contributed by atoms with Gasteiger partial charge in [-0.15, -0.1) is 0 Å². The first-order chi connectivity index (χ1) is 13.5. The third kappa shape index (κ3) is 2.21. The van der Waals surface area contributed by atoms with Gasteiger partial charge in [0, 0.05) is 12.1 Å². The van der Waals surface area contributed by atoms with E-state index in [1.165, 1.54) is 19.1 Å². The molecule has 0 aliphatic carbocycles. The molecule has 0 radical (unpaired) electrons. The smallest absolute Gasteiger partial charge is 0.177 e. The predicted molar refractivity (Wildman–Crippen MR) is 97.3 cm³/mol. The highest BCUT2D eigenvalue weighted by atomic mass is 19.2. The molecular formula is C22H15F2N3O. The molecule has 0 amide bonds. The van der Waals surface area contributed by atoms with Crippen molar-refractivity contribution >= 4 is 11.9 Å². The van der Waals surface area contributed by atoms with Gasteiger partial charge in [0.2, 0.25) is 0 Å². The van der Waals surface area contributed by atoms with Gasteiger partial charge in [-0.1, -0.05) is 36.4 Å². The Morgan fingerprint density at radius 2 is 1.75 bits per heavy atom. The van der Waals surface area contributed by atoms with E-state index in [4.69, 9.17) is 0 Å². The van der Waals surface area contributed by atoms with E-state index in [2.05, 4.69) is 12.1 Å². The second-order valence-electron chi connectivity index (χ2n) is 7.06. The molecule has 0 aromatic heterocycles. The maximum absolute atomic E-state index is 14.7. The van der Waals surface area contributed by atoms with E-state index < -0.39 is 35.1 Å². The maximum atomic E-state index is 14.7. The minimum absolute atomic E-state index is 0.136. The van der Waals surface area contributed by atoms with Crippen molar-refractivity contribution in [3.8, 4) is 12.1 Å². The van der Waals surface area contributed by atoms with E-state index in [1.54, 1.807) is 29.3 Å². The van der Waals surface area contributed by atoms with E-state index in [1.807, 2.05) is 12.1 Å². The summed E-state index contributed by atoms with van der Waals surface area (Å²) in [6.45, 7) is 1.34. The summed E-state index contributed by atoms with van der Waals surface area (Å²) in [5.74, 6) is -3.68. The van der Waals surface area contributed by atoms with Gasteiger partial charge in [-0.25, -0.2) is 8.78 Å². The number of benzene rings is 2. The molecule has 4 rings (SSSR count). The largest absolute Gasteiger partial charge is 0.357 e. The summed E-state index contributed by atoms with van der Waals surface area (Å²) >= 11 is 0. The van der Waals surface area contributed by atoms with Gasteiger partial charge in [-0.3, -0.25) is 4.79 Å². The Labute approximate surface area is 160 Å². The average Bonchev–Trinajstić information content (AvgIpc) is 3.01. The van der Waals surface area contributed by atoms with Crippen LogP contribution in [0.25, 0.3) is 6.08 Å². The number of rotatable bonds is 2. The van der Waals surface area contributed by atoms with Gasteiger partial charge in [-0.05, 0) is 35.8 Å². The minimum atomic E-state index is -1.77. The second-order valence-corrected chi connectivity index (χ2v) is 7.06. The molecule has 2 aromatic rings.